The van der Waals surface area contributed by atoms with Crippen LogP contribution in [0.5, 0.6) is 17.4 Å². The molecule has 0 aliphatic heterocycles. The van der Waals surface area contributed by atoms with E-state index in [-0.39, 0.29) is 17.3 Å². The van der Waals surface area contributed by atoms with Crippen molar-refractivity contribution in [2.24, 2.45) is 0 Å². The van der Waals surface area contributed by atoms with Crippen molar-refractivity contribution in [2.45, 2.75) is 0 Å². The predicted octanol–water partition coefficient (Wildman–Crippen LogP) is 2.94. The summed E-state index contributed by atoms with van der Waals surface area (Å²) in [7, 11) is 1.43. The van der Waals surface area contributed by atoms with Crippen LogP contribution in [0, 0.1) is 10.1 Å². The maximum absolute atomic E-state index is 12.4. The zero-order valence-corrected chi connectivity index (χ0v) is 14.7. The SMILES string of the molecule is COc1ccccc1C(=O)NNc1ncnc(Oc2ccccc2)c1[N+](=O)[O-]. The lowest BCUT2D eigenvalue weighted by Gasteiger charge is -2.11. The molecule has 3 rings (SSSR count). The summed E-state index contributed by atoms with van der Waals surface area (Å²) in [5.41, 5.74) is 4.52. The number of methoxy groups -OCH3 is 1. The van der Waals surface area contributed by atoms with Gasteiger partial charge in [-0.1, -0.05) is 30.3 Å². The van der Waals surface area contributed by atoms with Gasteiger partial charge in [0.15, 0.2) is 0 Å². The Bertz CT molecular complexity index is 997. The number of nitro groups is 1. The van der Waals surface area contributed by atoms with E-state index in [1.807, 2.05) is 0 Å². The molecule has 1 amide bonds. The molecule has 10 heteroatoms. The smallest absolute Gasteiger partial charge is 0.374 e. The van der Waals surface area contributed by atoms with E-state index in [2.05, 4.69) is 20.8 Å². The second-order valence-electron chi connectivity index (χ2n) is 5.33. The first-order chi connectivity index (χ1) is 13.6. The van der Waals surface area contributed by atoms with Gasteiger partial charge < -0.3 is 9.47 Å². The Morgan fingerprint density at radius 3 is 2.50 bits per heavy atom. The molecule has 0 aliphatic rings. The van der Waals surface area contributed by atoms with Crippen molar-refractivity contribution in [3.05, 3.63) is 76.6 Å². The standard InChI is InChI=1S/C18H15N5O5/c1-27-14-10-6-5-9-13(14)17(24)22-21-16-15(23(25)26)18(20-11-19-16)28-12-7-3-2-4-8-12/h2-11H,1H3,(H,22,24)(H,19,20,21). The van der Waals surface area contributed by atoms with Gasteiger partial charge in [-0.05, 0) is 24.3 Å². The fraction of sp³-hybridized carbons (Fsp3) is 0.0556. The molecule has 1 aromatic heterocycles. The van der Waals surface area contributed by atoms with Crippen molar-refractivity contribution < 1.29 is 19.2 Å². The molecule has 0 saturated heterocycles. The van der Waals surface area contributed by atoms with E-state index >= 15 is 0 Å². The maximum Gasteiger partial charge on any atom is 0.374 e. The quantitative estimate of drug-likeness (QED) is 0.472. The molecule has 0 unspecified atom stereocenters. The Hall–Kier alpha value is -4.21. The average molecular weight is 381 g/mol. The van der Waals surface area contributed by atoms with Crippen LogP contribution in [-0.4, -0.2) is 27.9 Å². The van der Waals surface area contributed by atoms with Gasteiger partial charge in [-0.3, -0.25) is 25.8 Å². The van der Waals surface area contributed by atoms with Crippen LogP contribution in [0.1, 0.15) is 10.4 Å². The van der Waals surface area contributed by atoms with E-state index in [0.29, 0.717) is 11.5 Å². The van der Waals surface area contributed by atoms with Crippen LogP contribution in [0.15, 0.2) is 60.9 Å². The highest BCUT2D eigenvalue weighted by atomic mass is 16.6. The zero-order chi connectivity index (χ0) is 19.9. The first-order valence-electron chi connectivity index (χ1n) is 8.02. The van der Waals surface area contributed by atoms with Gasteiger partial charge in [0.2, 0.25) is 5.82 Å². The number of carbonyl (C=O) groups excluding carboxylic acids is 1. The third-order valence-electron chi connectivity index (χ3n) is 3.58. The fourth-order valence-electron chi connectivity index (χ4n) is 2.31. The molecular weight excluding hydrogens is 366 g/mol. The Morgan fingerprint density at radius 2 is 1.79 bits per heavy atom. The number of hydrazine groups is 1. The van der Waals surface area contributed by atoms with Crippen molar-refractivity contribution in [1.82, 2.24) is 15.4 Å². The number of hydrogen-bond donors (Lipinski definition) is 2. The van der Waals surface area contributed by atoms with Crippen LogP contribution >= 0.6 is 0 Å². The molecule has 10 nitrogen and oxygen atoms in total. The maximum atomic E-state index is 12.4. The number of nitrogens with zero attached hydrogens (tertiary/aromatic N) is 3. The van der Waals surface area contributed by atoms with Crippen molar-refractivity contribution in [3.63, 3.8) is 0 Å². The summed E-state index contributed by atoms with van der Waals surface area (Å²) in [4.78, 5) is 30.8. The molecule has 0 atom stereocenters. The molecule has 0 fully saturated rings. The van der Waals surface area contributed by atoms with Gasteiger partial charge in [0.1, 0.15) is 17.8 Å². The number of amides is 1. The van der Waals surface area contributed by atoms with Gasteiger partial charge in [0.05, 0.1) is 17.6 Å². The summed E-state index contributed by atoms with van der Waals surface area (Å²) in [5.74, 6) is -0.328. The number of carbonyl (C=O) groups is 1. The summed E-state index contributed by atoms with van der Waals surface area (Å²) in [6.45, 7) is 0. The summed E-state index contributed by atoms with van der Waals surface area (Å²) in [6, 6.07) is 15.0. The molecule has 0 aliphatic carbocycles. The monoisotopic (exact) mass is 381 g/mol. The highest BCUT2D eigenvalue weighted by molar-refractivity contribution is 5.97. The first kappa shape index (κ1) is 18.6. The zero-order valence-electron chi connectivity index (χ0n) is 14.7. The fourth-order valence-corrected chi connectivity index (χ4v) is 2.31. The van der Waals surface area contributed by atoms with Crippen molar-refractivity contribution in [1.29, 1.82) is 0 Å². The van der Waals surface area contributed by atoms with Crippen molar-refractivity contribution >= 4 is 17.4 Å². The Kier molecular flexibility index (Phi) is 5.60. The van der Waals surface area contributed by atoms with Gasteiger partial charge in [-0.15, -0.1) is 0 Å². The van der Waals surface area contributed by atoms with Crippen LogP contribution in [0.25, 0.3) is 0 Å². The predicted molar refractivity (Wildman–Crippen MR) is 99.3 cm³/mol. The van der Waals surface area contributed by atoms with Crippen LogP contribution in [-0.2, 0) is 0 Å². The van der Waals surface area contributed by atoms with Crippen molar-refractivity contribution in [3.8, 4) is 17.4 Å². The minimum absolute atomic E-state index is 0.228. The molecule has 0 radical (unpaired) electrons. The number of aromatic nitrogens is 2. The van der Waals surface area contributed by atoms with Crippen LogP contribution in [0.2, 0.25) is 0 Å². The highest BCUT2D eigenvalue weighted by Gasteiger charge is 2.25. The summed E-state index contributed by atoms with van der Waals surface area (Å²) in [5, 5.41) is 11.5. The third kappa shape index (κ3) is 4.12. The molecular formula is C18H15N5O5. The van der Waals surface area contributed by atoms with Gasteiger partial charge in [0.25, 0.3) is 5.91 Å². The van der Waals surface area contributed by atoms with E-state index < -0.39 is 16.5 Å². The molecule has 0 saturated carbocycles. The summed E-state index contributed by atoms with van der Waals surface area (Å²) >= 11 is 0. The van der Waals surface area contributed by atoms with E-state index in [9.17, 15) is 14.9 Å². The lowest BCUT2D eigenvalue weighted by molar-refractivity contribution is -0.385. The number of benzene rings is 2. The molecule has 0 spiro atoms. The van der Waals surface area contributed by atoms with Crippen molar-refractivity contribution in [2.75, 3.05) is 12.5 Å². The Morgan fingerprint density at radius 1 is 1.07 bits per heavy atom. The van der Waals surface area contributed by atoms with Gasteiger partial charge in [0, 0.05) is 0 Å². The first-order valence-corrected chi connectivity index (χ1v) is 8.02. The van der Waals surface area contributed by atoms with Gasteiger partial charge in [-0.25, -0.2) is 4.98 Å². The number of hydrogen-bond acceptors (Lipinski definition) is 8. The van der Waals surface area contributed by atoms with Crippen LogP contribution < -0.4 is 20.3 Å². The number of ether oxygens (including phenoxy) is 2. The topological polar surface area (TPSA) is 129 Å². The summed E-state index contributed by atoms with van der Waals surface area (Å²) < 4.78 is 10.6. The van der Waals surface area contributed by atoms with Crippen LogP contribution in [0.3, 0.4) is 0 Å². The highest BCUT2D eigenvalue weighted by Crippen LogP contribution is 2.33. The minimum Gasteiger partial charge on any atom is -0.496 e. The molecule has 3 aromatic rings. The lowest BCUT2D eigenvalue weighted by atomic mass is 10.2. The molecule has 1 heterocycles. The Labute approximate surface area is 159 Å². The second-order valence-corrected chi connectivity index (χ2v) is 5.33. The average Bonchev–Trinajstić information content (AvgIpc) is 2.72. The number of rotatable bonds is 7. The Balaban J connectivity index is 1.83. The lowest BCUT2D eigenvalue weighted by Crippen LogP contribution is -2.30. The molecule has 2 N–H and O–H groups in total. The number of nitrogens with one attached hydrogen (secondary N) is 2. The largest absolute Gasteiger partial charge is 0.496 e. The normalized spacial score (nSPS) is 10.0. The molecule has 142 valence electrons. The van der Waals surface area contributed by atoms with Crippen LogP contribution in [0.4, 0.5) is 11.5 Å². The van der Waals surface area contributed by atoms with Gasteiger partial charge in [-0.2, -0.15) is 4.98 Å². The third-order valence-corrected chi connectivity index (χ3v) is 3.58. The second kappa shape index (κ2) is 8.45. The molecule has 28 heavy (non-hydrogen) atoms. The number of anilines is 1. The van der Waals surface area contributed by atoms with E-state index in [0.717, 1.165) is 6.33 Å². The van der Waals surface area contributed by atoms with E-state index in [4.69, 9.17) is 9.47 Å². The van der Waals surface area contributed by atoms with E-state index in [1.165, 1.54) is 7.11 Å². The van der Waals surface area contributed by atoms with E-state index in [1.54, 1.807) is 54.6 Å². The minimum atomic E-state index is -0.699. The summed E-state index contributed by atoms with van der Waals surface area (Å²) in [6.07, 6.45) is 1.09. The molecule has 2 aromatic carbocycles. The number of para-hydroxylation sites is 2. The molecule has 0 bridgehead atoms. The van der Waals surface area contributed by atoms with Gasteiger partial charge >= 0.3 is 11.6 Å².